The zero-order chi connectivity index (χ0) is 14.0. The predicted octanol–water partition coefficient (Wildman–Crippen LogP) is 1.84. The molecule has 0 aromatic carbocycles. The molecule has 0 amide bonds. The average Bonchev–Trinajstić information content (AvgIpc) is 2.19. The molecule has 0 saturated carbocycles. The quantitative estimate of drug-likeness (QED) is 0.763. The lowest BCUT2D eigenvalue weighted by molar-refractivity contribution is -0.182. The van der Waals surface area contributed by atoms with Gasteiger partial charge in [-0.05, 0) is 10.8 Å². The van der Waals surface area contributed by atoms with Crippen molar-refractivity contribution in [1.29, 1.82) is 0 Å². The Kier molecular flexibility index (Phi) is 4.44. The van der Waals surface area contributed by atoms with Crippen LogP contribution in [-0.2, 0) is 14.3 Å². The molecule has 0 aromatic heterocycles. The molecule has 1 saturated heterocycles. The van der Waals surface area contributed by atoms with Crippen LogP contribution < -0.4 is 5.32 Å². The fraction of sp³-hybridized carbons (Fsp3) is 0.929. The van der Waals surface area contributed by atoms with Crippen molar-refractivity contribution in [2.75, 3.05) is 33.4 Å². The van der Waals surface area contributed by atoms with E-state index in [0.717, 1.165) is 6.54 Å². The van der Waals surface area contributed by atoms with Crippen molar-refractivity contribution in [2.45, 2.75) is 34.6 Å². The van der Waals surface area contributed by atoms with Gasteiger partial charge in [0.15, 0.2) is 0 Å². The first-order chi connectivity index (χ1) is 8.15. The highest BCUT2D eigenvalue weighted by atomic mass is 16.5. The van der Waals surface area contributed by atoms with Gasteiger partial charge in [0.2, 0.25) is 0 Å². The van der Waals surface area contributed by atoms with Gasteiger partial charge < -0.3 is 14.8 Å². The van der Waals surface area contributed by atoms with Crippen LogP contribution in [0.1, 0.15) is 34.6 Å². The Morgan fingerprint density at radius 1 is 1.28 bits per heavy atom. The van der Waals surface area contributed by atoms with Crippen molar-refractivity contribution in [2.24, 2.45) is 16.2 Å². The second kappa shape index (κ2) is 5.17. The summed E-state index contributed by atoms with van der Waals surface area (Å²) in [5.41, 5.74) is -0.0911. The van der Waals surface area contributed by atoms with E-state index < -0.39 is 5.41 Å². The number of methoxy groups -OCH3 is 1. The van der Waals surface area contributed by atoms with Crippen LogP contribution in [0.5, 0.6) is 0 Å². The van der Waals surface area contributed by atoms with E-state index in [1.54, 1.807) is 0 Å². The lowest BCUT2D eigenvalue weighted by Crippen LogP contribution is -2.56. The summed E-state index contributed by atoms with van der Waals surface area (Å²) in [6.07, 6.45) is 0. The highest BCUT2D eigenvalue weighted by Crippen LogP contribution is 2.37. The molecule has 0 unspecified atom stereocenters. The summed E-state index contributed by atoms with van der Waals surface area (Å²) < 4.78 is 10.0. The minimum Gasteiger partial charge on any atom is -0.468 e. The third-order valence-corrected chi connectivity index (χ3v) is 4.44. The first-order valence-electron chi connectivity index (χ1n) is 6.52. The molecule has 0 atom stereocenters. The molecule has 0 spiro atoms. The lowest BCUT2D eigenvalue weighted by Gasteiger charge is -2.42. The molecule has 4 heteroatoms. The molecule has 0 radical (unpaired) electrons. The van der Waals surface area contributed by atoms with Crippen LogP contribution in [0.25, 0.3) is 0 Å². The van der Waals surface area contributed by atoms with Gasteiger partial charge in [-0.1, -0.05) is 34.6 Å². The van der Waals surface area contributed by atoms with Crippen LogP contribution in [0.3, 0.4) is 0 Å². The fourth-order valence-electron chi connectivity index (χ4n) is 1.74. The van der Waals surface area contributed by atoms with E-state index >= 15 is 0 Å². The van der Waals surface area contributed by atoms with Gasteiger partial charge in [0, 0.05) is 13.1 Å². The molecule has 0 bridgehead atoms. The second-order valence-corrected chi connectivity index (χ2v) is 7.00. The maximum atomic E-state index is 11.7. The Labute approximate surface area is 110 Å². The number of carbonyl (C=O) groups is 1. The Morgan fingerprint density at radius 2 is 1.83 bits per heavy atom. The number of nitrogens with one attached hydrogen (secondary N) is 1. The van der Waals surface area contributed by atoms with E-state index in [9.17, 15) is 4.79 Å². The molecule has 1 heterocycles. The van der Waals surface area contributed by atoms with Gasteiger partial charge in [-0.25, -0.2) is 0 Å². The Hall–Kier alpha value is -0.610. The lowest BCUT2D eigenvalue weighted by atomic mass is 9.69. The normalized spacial score (nSPS) is 19.2. The molecule has 0 aromatic rings. The zero-order valence-electron chi connectivity index (χ0n) is 12.6. The SMILES string of the molecule is COC(=O)C1(CNCC(C)(C)C(C)(C)C)COC1. The summed E-state index contributed by atoms with van der Waals surface area (Å²) in [5, 5.41) is 3.41. The monoisotopic (exact) mass is 257 g/mol. The average molecular weight is 257 g/mol. The number of rotatable bonds is 5. The van der Waals surface area contributed by atoms with Gasteiger partial charge in [0.05, 0.1) is 20.3 Å². The van der Waals surface area contributed by atoms with Crippen LogP contribution in [0.15, 0.2) is 0 Å². The van der Waals surface area contributed by atoms with Crippen molar-refractivity contribution in [3.63, 3.8) is 0 Å². The minimum absolute atomic E-state index is 0.162. The summed E-state index contributed by atoms with van der Waals surface area (Å²) in [7, 11) is 1.43. The maximum absolute atomic E-state index is 11.7. The number of hydrogen-bond donors (Lipinski definition) is 1. The number of ether oxygens (including phenoxy) is 2. The highest BCUT2D eigenvalue weighted by molar-refractivity contribution is 5.78. The van der Waals surface area contributed by atoms with Crippen LogP contribution >= 0.6 is 0 Å². The molecular weight excluding hydrogens is 230 g/mol. The molecule has 106 valence electrons. The van der Waals surface area contributed by atoms with Crippen molar-refractivity contribution in [1.82, 2.24) is 5.32 Å². The molecule has 4 nitrogen and oxygen atoms in total. The molecule has 1 aliphatic heterocycles. The van der Waals surface area contributed by atoms with Gasteiger partial charge in [-0.3, -0.25) is 4.79 Å². The third kappa shape index (κ3) is 3.04. The van der Waals surface area contributed by atoms with E-state index in [0.29, 0.717) is 19.8 Å². The third-order valence-electron chi connectivity index (χ3n) is 4.44. The van der Waals surface area contributed by atoms with Crippen molar-refractivity contribution in [3.8, 4) is 0 Å². The molecule has 1 fully saturated rings. The van der Waals surface area contributed by atoms with E-state index in [1.807, 2.05) is 0 Å². The van der Waals surface area contributed by atoms with Gasteiger partial charge in [0.25, 0.3) is 0 Å². The van der Waals surface area contributed by atoms with Gasteiger partial charge in [0.1, 0.15) is 5.41 Å². The molecule has 18 heavy (non-hydrogen) atoms. The van der Waals surface area contributed by atoms with Crippen LogP contribution in [-0.4, -0.2) is 39.4 Å². The van der Waals surface area contributed by atoms with Crippen molar-refractivity contribution in [3.05, 3.63) is 0 Å². The molecule has 1 N–H and O–H groups in total. The number of hydrogen-bond acceptors (Lipinski definition) is 4. The van der Waals surface area contributed by atoms with Gasteiger partial charge in [-0.15, -0.1) is 0 Å². The highest BCUT2D eigenvalue weighted by Gasteiger charge is 2.47. The minimum atomic E-state index is -0.470. The molecule has 1 rings (SSSR count). The Bertz CT molecular complexity index is 301. The first kappa shape index (κ1) is 15.4. The standard InChI is InChI=1S/C14H27NO3/c1-12(2,3)13(4,5)7-15-8-14(9-18-10-14)11(16)17-6/h15H,7-10H2,1-6H3. The predicted molar refractivity (Wildman–Crippen MR) is 71.4 cm³/mol. The van der Waals surface area contributed by atoms with Crippen LogP contribution in [0.2, 0.25) is 0 Å². The fourth-order valence-corrected chi connectivity index (χ4v) is 1.74. The number of carbonyl (C=O) groups excluding carboxylic acids is 1. The number of esters is 1. The molecular formula is C14H27NO3. The summed E-state index contributed by atoms with van der Waals surface area (Å²) in [6, 6.07) is 0. The van der Waals surface area contributed by atoms with E-state index in [2.05, 4.69) is 39.9 Å². The zero-order valence-corrected chi connectivity index (χ0v) is 12.6. The van der Waals surface area contributed by atoms with Gasteiger partial charge >= 0.3 is 5.97 Å². The summed E-state index contributed by atoms with van der Waals surface area (Å²) in [5.74, 6) is -0.171. The smallest absolute Gasteiger partial charge is 0.317 e. The van der Waals surface area contributed by atoms with E-state index in [1.165, 1.54) is 7.11 Å². The summed E-state index contributed by atoms with van der Waals surface area (Å²) in [6.45, 7) is 13.6. The van der Waals surface area contributed by atoms with Crippen LogP contribution in [0.4, 0.5) is 0 Å². The second-order valence-electron chi connectivity index (χ2n) is 7.00. The summed E-state index contributed by atoms with van der Waals surface area (Å²) in [4.78, 5) is 11.7. The Balaban J connectivity index is 2.49. The molecule has 1 aliphatic rings. The van der Waals surface area contributed by atoms with E-state index in [-0.39, 0.29) is 16.8 Å². The van der Waals surface area contributed by atoms with Crippen LogP contribution in [0, 0.1) is 16.2 Å². The summed E-state index contributed by atoms with van der Waals surface area (Å²) >= 11 is 0. The van der Waals surface area contributed by atoms with Crippen molar-refractivity contribution < 1.29 is 14.3 Å². The maximum Gasteiger partial charge on any atom is 0.317 e. The largest absolute Gasteiger partial charge is 0.468 e. The Morgan fingerprint density at radius 3 is 2.17 bits per heavy atom. The van der Waals surface area contributed by atoms with Crippen molar-refractivity contribution >= 4 is 5.97 Å². The van der Waals surface area contributed by atoms with E-state index in [4.69, 9.17) is 9.47 Å². The first-order valence-corrected chi connectivity index (χ1v) is 6.52. The topological polar surface area (TPSA) is 47.6 Å². The van der Waals surface area contributed by atoms with Gasteiger partial charge in [-0.2, -0.15) is 0 Å². The molecule has 0 aliphatic carbocycles.